The minimum Gasteiger partial charge on any atom is -0.383 e. The van der Waals surface area contributed by atoms with Gasteiger partial charge in [0, 0.05) is 36.9 Å². The van der Waals surface area contributed by atoms with Crippen LogP contribution in [-0.4, -0.2) is 39.9 Å². The molecular weight excluding hydrogens is 408 g/mol. The van der Waals surface area contributed by atoms with Crippen molar-refractivity contribution in [3.8, 4) is 11.8 Å². The van der Waals surface area contributed by atoms with Crippen LogP contribution in [0.2, 0.25) is 0 Å². The number of carbonyl (C=O) groups is 2. The van der Waals surface area contributed by atoms with Crippen molar-refractivity contribution in [3.05, 3.63) is 70.8 Å². The van der Waals surface area contributed by atoms with E-state index in [0.717, 1.165) is 17.0 Å². The van der Waals surface area contributed by atoms with E-state index >= 15 is 0 Å². The normalized spacial score (nSPS) is 11.2. The molecular formula is C23H24N6O3. The van der Waals surface area contributed by atoms with Crippen LogP contribution in [0.3, 0.4) is 0 Å². The van der Waals surface area contributed by atoms with Crippen LogP contribution in [-0.2, 0) is 16.1 Å². The number of methoxy groups -OCH3 is 1. The highest BCUT2D eigenvalue weighted by atomic mass is 16.5. The Kier molecular flexibility index (Phi) is 6.87. The van der Waals surface area contributed by atoms with Crippen molar-refractivity contribution in [2.24, 2.45) is 5.73 Å². The lowest BCUT2D eigenvalue weighted by Crippen LogP contribution is -2.14. The van der Waals surface area contributed by atoms with Crippen molar-refractivity contribution in [1.29, 1.82) is 5.26 Å². The lowest BCUT2D eigenvalue weighted by atomic mass is 10.1. The zero-order valence-electron chi connectivity index (χ0n) is 18.1. The highest BCUT2D eigenvalue weighted by molar-refractivity contribution is 6.09. The van der Waals surface area contributed by atoms with Gasteiger partial charge in [0.25, 0.3) is 11.8 Å². The predicted molar refractivity (Wildman–Crippen MR) is 120 cm³/mol. The van der Waals surface area contributed by atoms with Gasteiger partial charge < -0.3 is 20.4 Å². The number of rotatable bonds is 8. The van der Waals surface area contributed by atoms with Crippen molar-refractivity contribution in [3.63, 3.8) is 0 Å². The molecule has 3 N–H and O–H groups in total. The van der Waals surface area contributed by atoms with Crippen LogP contribution in [0.4, 0.5) is 5.69 Å². The fourth-order valence-corrected chi connectivity index (χ4v) is 3.30. The van der Waals surface area contributed by atoms with Gasteiger partial charge in [-0.3, -0.25) is 9.59 Å². The maximum Gasteiger partial charge on any atom is 0.269 e. The Labute approximate surface area is 185 Å². The number of nitrogens with one attached hydrogen (secondary N) is 1. The Morgan fingerprint density at radius 2 is 1.97 bits per heavy atom. The number of aryl methyl sites for hydroxylation is 1. The number of nitrogens with zero attached hydrogens (tertiary/aromatic N) is 4. The lowest BCUT2D eigenvalue weighted by molar-refractivity contribution is -0.112. The third-order valence-corrected chi connectivity index (χ3v) is 5.03. The van der Waals surface area contributed by atoms with Gasteiger partial charge in [-0.25, -0.2) is 4.68 Å². The fraction of sp³-hybridized carbons (Fsp3) is 0.217. The first-order valence-corrected chi connectivity index (χ1v) is 9.88. The van der Waals surface area contributed by atoms with Gasteiger partial charge in [-0.05, 0) is 61.9 Å². The third kappa shape index (κ3) is 4.94. The summed E-state index contributed by atoms with van der Waals surface area (Å²) in [5, 5.41) is 16.3. The van der Waals surface area contributed by atoms with E-state index in [1.165, 1.54) is 10.7 Å². The van der Waals surface area contributed by atoms with Crippen LogP contribution in [0.25, 0.3) is 11.8 Å². The van der Waals surface area contributed by atoms with Gasteiger partial charge in [-0.1, -0.05) is 0 Å². The molecule has 0 bridgehead atoms. The summed E-state index contributed by atoms with van der Waals surface area (Å²) in [6.07, 6.45) is 3.21. The summed E-state index contributed by atoms with van der Waals surface area (Å²) in [6.45, 7) is 5.18. The summed E-state index contributed by atoms with van der Waals surface area (Å²) < 4.78 is 8.73. The first-order valence-electron chi connectivity index (χ1n) is 9.88. The van der Waals surface area contributed by atoms with E-state index in [4.69, 9.17) is 10.5 Å². The van der Waals surface area contributed by atoms with Crippen LogP contribution in [0, 0.1) is 25.2 Å². The Morgan fingerprint density at radius 1 is 1.25 bits per heavy atom. The Morgan fingerprint density at radius 3 is 2.56 bits per heavy atom. The van der Waals surface area contributed by atoms with Crippen molar-refractivity contribution in [1.82, 2.24) is 14.3 Å². The smallest absolute Gasteiger partial charge is 0.269 e. The molecule has 0 saturated heterocycles. The fourth-order valence-electron chi connectivity index (χ4n) is 3.30. The van der Waals surface area contributed by atoms with Gasteiger partial charge in [-0.2, -0.15) is 10.4 Å². The van der Waals surface area contributed by atoms with E-state index in [9.17, 15) is 14.9 Å². The topological polar surface area (TPSA) is 128 Å². The van der Waals surface area contributed by atoms with E-state index in [0.29, 0.717) is 24.5 Å². The van der Waals surface area contributed by atoms with Gasteiger partial charge >= 0.3 is 0 Å². The average Bonchev–Trinajstić information content (AvgIpc) is 3.36. The largest absolute Gasteiger partial charge is 0.383 e. The summed E-state index contributed by atoms with van der Waals surface area (Å²) in [7, 11) is 1.65. The Hall–Kier alpha value is -4.16. The van der Waals surface area contributed by atoms with E-state index in [1.54, 1.807) is 43.6 Å². The lowest BCUT2D eigenvalue weighted by Gasteiger charge is -2.08. The van der Waals surface area contributed by atoms with Gasteiger partial charge in [0.15, 0.2) is 0 Å². The number of ether oxygens (including phenoxy) is 1. The standard InChI is InChI=1S/C23H24N6O3/c1-15-12-17(16(2)28(15)10-11-32-3)13-18(14-24)23(31)26-19-4-6-20(7-5-19)29-9-8-21(27-29)22(25)30/h4-9,12-13H,10-11H2,1-3H3,(H2,25,30)(H,26,31)/b18-13-. The zero-order valence-corrected chi connectivity index (χ0v) is 18.1. The second-order valence-corrected chi connectivity index (χ2v) is 7.15. The van der Waals surface area contributed by atoms with Crippen LogP contribution < -0.4 is 11.1 Å². The summed E-state index contributed by atoms with van der Waals surface area (Å²) in [5.74, 6) is -1.11. The predicted octanol–water partition coefficient (Wildman–Crippen LogP) is 2.58. The van der Waals surface area contributed by atoms with Gasteiger partial charge in [0.05, 0.1) is 12.3 Å². The van der Waals surface area contributed by atoms with E-state index < -0.39 is 11.8 Å². The molecule has 0 aliphatic heterocycles. The molecule has 2 amide bonds. The van der Waals surface area contributed by atoms with Crippen LogP contribution in [0.5, 0.6) is 0 Å². The molecule has 0 saturated carbocycles. The zero-order chi connectivity index (χ0) is 23.3. The monoisotopic (exact) mass is 432 g/mol. The molecule has 32 heavy (non-hydrogen) atoms. The second-order valence-electron chi connectivity index (χ2n) is 7.15. The highest BCUT2D eigenvalue weighted by Crippen LogP contribution is 2.19. The number of hydrogen-bond acceptors (Lipinski definition) is 5. The molecule has 9 nitrogen and oxygen atoms in total. The molecule has 2 aromatic heterocycles. The number of nitriles is 1. The number of nitrogens with two attached hydrogens (primary N) is 1. The molecule has 0 radical (unpaired) electrons. The molecule has 1 aromatic carbocycles. The van der Waals surface area contributed by atoms with Gasteiger partial charge in [0.1, 0.15) is 17.3 Å². The molecule has 0 atom stereocenters. The molecule has 2 heterocycles. The third-order valence-electron chi connectivity index (χ3n) is 5.03. The number of primary amides is 1. The SMILES string of the molecule is COCCn1c(C)cc(/C=C(/C#N)C(=O)Nc2ccc(-n3ccc(C(N)=O)n3)cc2)c1C. The molecule has 3 aromatic rings. The summed E-state index contributed by atoms with van der Waals surface area (Å²) >= 11 is 0. The van der Waals surface area contributed by atoms with E-state index in [2.05, 4.69) is 15.0 Å². The summed E-state index contributed by atoms with van der Waals surface area (Å²) in [5.41, 5.74) is 9.38. The van der Waals surface area contributed by atoms with Gasteiger partial charge in [-0.15, -0.1) is 0 Å². The Bertz CT molecular complexity index is 1210. The highest BCUT2D eigenvalue weighted by Gasteiger charge is 2.13. The Balaban J connectivity index is 1.75. The minimum atomic E-state index is -0.608. The van der Waals surface area contributed by atoms with Crippen molar-refractivity contribution >= 4 is 23.6 Å². The quantitative estimate of drug-likeness (QED) is 0.418. The molecule has 0 aliphatic carbocycles. The molecule has 0 unspecified atom stereocenters. The molecule has 3 rings (SSSR count). The number of benzene rings is 1. The summed E-state index contributed by atoms with van der Waals surface area (Å²) in [6, 6.07) is 12.3. The maximum absolute atomic E-state index is 12.7. The minimum absolute atomic E-state index is 0.000700. The van der Waals surface area contributed by atoms with Crippen molar-refractivity contribution < 1.29 is 14.3 Å². The van der Waals surface area contributed by atoms with Crippen LogP contribution in [0.1, 0.15) is 27.4 Å². The molecule has 0 fully saturated rings. The molecule has 0 aliphatic rings. The van der Waals surface area contributed by atoms with E-state index in [-0.39, 0.29) is 11.3 Å². The van der Waals surface area contributed by atoms with Crippen LogP contribution >= 0.6 is 0 Å². The maximum atomic E-state index is 12.7. The second kappa shape index (κ2) is 9.76. The number of amides is 2. The molecule has 0 spiro atoms. The van der Waals surface area contributed by atoms with E-state index in [1.807, 2.05) is 26.0 Å². The van der Waals surface area contributed by atoms with Crippen LogP contribution in [0.15, 0.2) is 48.2 Å². The number of carbonyl (C=O) groups excluding carboxylic acids is 2. The van der Waals surface area contributed by atoms with Crippen molar-refractivity contribution in [2.75, 3.05) is 19.0 Å². The first kappa shape index (κ1) is 22.5. The van der Waals surface area contributed by atoms with Gasteiger partial charge in [0.2, 0.25) is 0 Å². The molecule has 164 valence electrons. The van der Waals surface area contributed by atoms with Crippen molar-refractivity contribution in [2.45, 2.75) is 20.4 Å². The summed E-state index contributed by atoms with van der Waals surface area (Å²) in [4.78, 5) is 23.9. The molecule has 9 heteroatoms. The number of aromatic nitrogens is 3. The number of hydrogen-bond donors (Lipinski definition) is 2. The number of anilines is 1. The average molecular weight is 432 g/mol. The first-order chi connectivity index (χ1) is 15.3.